The molecule has 36 heavy (non-hydrogen) atoms. The van der Waals surface area contributed by atoms with Crippen molar-refractivity contribution in [2.45, 2.75) is 20.4 Å². The van der Waals surface area contributed by atoms with Crippen molar-refractivity contribution in [3.63, 3.8) is 0 Å². The molecule has 9 nitrogen and oxygen atoms in total. The molecule has 2 aromatic carbocycles. The first-order valence-corrected chi connectivity index (χ1v) is 11.3. The minimum absolute atomic E-state index is 0.0568. The van der Waals surface area contributed by atoms with Gasteiger partial charge in [0.25, 0.3) is 5.89 Å². The van der Waals surface area contributed by atoms with Gasteiger partial charge in [-0.2, -0.15) is 4.98 Å². The van der Waals surface area contributed by atoms with Crippen LogP contribution in [0.4, 0.5) is 5.69 Å². The molecule has 3 heterocycles. The molecule has 0 bridgehead atoms. The smallest absolute Gasteiger partial charge is 0.263 e. The lowest BCUT2D eigenvalue weighted by atomic mass is 10.1. The first-order valence-electron chi connectivity index (χ1n) is 11.3. The van der Waals surface area contributed by atoms with Crippen LogP contribution in [0.1, 0.15) is 11.3 Å². The highest BCUT2D eigenvalue weighted by molar-refractivity contribution is 5.92. The van der Waals surface area contributed by atoms with Gasteiger partial charge in [0.05, 0.1) is 12.5 Å². The summed E-state index contributed by atoms with van der Waals surface area (Å²) >= 11 is 0. The third kappa shape index (κ3) is 4.46. The Labute approximate surface area is 206 Å². The zero-order valence-corrected chi connectivity index (χ0v) is 20.0. The van der Waals surface area contributed by atoms with E-state index in [4.69, 9.17) is 9.26 Å². The Hall–Kier alpha value is -4.79. The van der Waals surface area contributed by atoms with Crippen molar-refractivity contribution in [3.05, 3.63) is 88.3 Å². The number of amides is 1. The number of hydrogen-bond donors (Lipinski definition) is 1. The number of benzene rings is 2. The minimum atomic E-state index is -0.307. The largest absolute Gasteiger partial charge is 0.497 e. The molecule has 0 unspecified atom stereocenters. The summed E-state index contributed by atoms with van der Waals surface area (Å²) in [5, 5.41) is 7.31. The van der Waals surface area contributed by atoms with Crippen molar-refractivity contribution < 1.29 is 14.1 Å². The summed E-state index contributed by atoms with van der Waals surface area (Å²) in [6, 6.07) is 18.1. The van der Waals surface area contributed by atoms with E-state index in [-0.39, 0.29) is 29.3 Å². The Morgan fingerprint density at radius 3 is 2.56 bits per heavy atom. The maximum absolute atomic E-state index is 13.3. The summed E-state index contributed by atoms with van der Waals surface area (Å²) in [5.74, 6) is 0.832. The fourth-order valence-corrected chi connectivity index (χ4v) is 3.88. The van der Waals surface area contributed by atoms with Crippen molar-refractivity contribution in [1.29, 1.82) is 0 Å². The van der Waals surface area contributed by atoms with E-state index in [0.717, 1.165) is 16.9 Å². The van der Waals surface area contributed by atoms with Crippen LogP contribution in [0.2, 0.25) is 0 Å². The minimum Gasteiger partial charge on any atom is -0.497 e. The van der Waals surface area contributed by atoms with Gasteiger partial charge in [-0.05, 0) is 61.9 Å². The van der Waals surface area contributed by atoms with E-state index in [2.05, 4.69) is 20.4 Å². The number of rotatable bonds is 6. The molecule has 0 atom stereocenters. The fraction of sp³-hybridized carbons (Fsp3) is 0.148. The van der Waals surface area contributed by atoms with Crippen LogP contribution in [0.15, 0.2) is 76.2 Å². The van der Waals surface area contributed by atoms with Crippen molar-refractivity contribution in [2.75, 3.05) is 12.4 Å². The summed E-state index contributed by atoms with van der Waals surface area (Å²) in [4.78, 5) is 35.2. The lowest BCUT2D eigenvalue weighted by molar-refractivity contribution is -0.116. The number of nitrogens with one attached hydrogen (secondary N) is 1. The van der Waals surface area contributed by atoms with Crippen LogP contribution >= 0.6 is 0 Å². The molecular formula is C27H23N5O4. The number of aryl methyl sites for hydroxylation is 2. The van der Waals surface area contributed by atoms with Gasteiger partial charge in [0.1, 0.15) is 23.5 Å². The number of methoxy groups -OCH3 is 1. The summed E-state index contributed by atoms with van der Waals surface area (Å²) in [5.41, 5.74) is 3.38. The fourth-order valence-electron chi connectivity index (χ4n) is 3.88. The van der Waals surface area contributed by atoms with Gasteiger partial charge in [0.15, 0.2) is 0 Å². The molecule has 0 aliphatic rings. The van der Waals surface area contributed by atoms with Crippen molar-refractivity contribution in [1.82, 2.24) is 19.7 Å². The Morgan fingerprint density at radius 1 is 1.03 bits per heavy atom. The number of hydrogen-bond acceptors (Lipinski definition) is 7. The van der Waals surface area contributed by atoms with Gasteiger partial charge in [0.2, 0.25) is 17.2 Å². The highest BCUT2D eigenvalue weighted by Crippen LogP contribution is 2.24. The molecule has 0 spiro atoms. The van der Waals surface area contributed by atoms with Gasteiger partial charge in [-0.1, -0.05) is 23.4 Å². The predicted molar refractivity (Wildman–Crippen MR) is 136 cm³/mol. The molecule has 0 aliphatic carbocycles. The Bertz CT molecular complexity index is 1640. The van der Waals surface area contributed by atoms with E-state index in [9.17, 15) is 9.59 Å². The average molecular weight is 482 g/mol. The van der Waals surface area contributed by atoms with Gasteiger partial charge in [-0.15, -0.1) is 0 Å². The van der Waals surface area contributed by atoms with Gasteiger partial charge in [-0.3, -0.25) is 9.59 Å². The Morgan fingerprint density at radius 2 is 1.81 bits per heavy atom. The molecule has 0 aliphatic heterocycles. The SMILES string of the molecule is COc1ccc(-c2noc(-c3cn(CC(=O)Nc4ccccc4C)c4nc(C)ccc4c3=O)n2)cc1. The lowest BCUT2D eigenvalue weighted by Gasteiger charge is -2.13. The second kappa shape index (κ2) is 9.46. The number of pyridine rings is 2. The molecule has 3 aromatic heterocycles. The molecule has 0 fully saturated rings. The highest BCUT2D eigenvalue weighted by atomic mass is 16.5. The van der Waals surface area contributed by atoms with Crippen molar-refractivity contribution in [2.24, 2.45) is 0 Å². The average Bonchev–Trinajstić information content (AvgIpc) is 3.37. The molecule has 0 radical (unpaired) electrons. The van der Waals surface area contributed by atoms with Crippen LogP contribution in [-0.2, 0) is 11.3 Å². The number of para-hydroxylation sites is 1. The van der Waals surface area contributed by atoms with E-state index in [0.29, 0.717) is 28.2 Å². The zero-order valence-electron chi connectivity index (χ0n) is 20.0. The molecule has 5 rings (SSSR count). The van der Waals surface area contributed by atoms with E-state index in [1.807, 2.05) is 38.1 Å². The summed E-state index contributed by atoms with van der Waals surface area (Å²) in [7, 11) is 1.59. The molecule has 9 heteroatoms. The predicted octanol–water partition coefficient (Wildman–Crippen LogP) is 4.38. The molecule has 0 saturated heterocycles. The molecular weight excluding hydrogens is 458 g/mol. The van der Waals surface area contributed by atoms with E-state index in [1.165, 1.54) is 0 Å². The number of anilines is 1. The Balaban J connectivity index is 1.54. The third-order valence-corrected chi connectivity index (χ3v) is 5.80. The molecule has 1 amide bonds. The molecule has 180 valence electrons. The quantitative estimate of drug-likeness (QED) is 0.383. The second-order valence-electron chi connectivity index (χ2n) is 8.34. The Kier molecular flexibility index (Phi) is 6.03. The molecule has 5 aromatic rings. The van der Waals surface area contributed by atoms with Gasteiger partial charge < -0.3 is 19.1 Å². The van der Waals surface area contributed by atoms with Crippen LogP contribution in [0.3, 0.4) is 0 Å². The lowest BCUT2D eigenvalue weighted by Crippen LogP contribution is -2.22. The van der Waals surface area contributed by atoms with Crippen molar-refractivity contribution >= 4 is 22.6 Å². The maximum Gasteiger partial charge on any atom is 0.263 e. The number of ether oxygens (including phenoxy) is 1. The number of fused-ring (bicyclic) bond motifs is 1. The summed E-state index contributed by atoms with van der Waals surface area (Å²) in [6.07, 6.45) is 1.54. The van der Waals surface area contributed by atoms with Crippen molar-refractivity contribution in [3.8, 4) is 28.6 Å². The van der Waals surface area contributed by atoms with Crippen LogP contribution in [-0.4, -0.2) is 32.7 Å². The topological polar surface area (TPSA) is 112 Å². The van der Waals surface area contributed by atoms with E-state index in [1.54, 1.807) is 54.3 Å². The zero-order chi connectivity index (χ0) is 25.2. The second-order valence-corrected chi connectivity index (χ2v) is 8.34. The van der Waals surface area contributed by atoms with Crippen LogP contribution in [0, 0.1) is 13.8 Å². The van der Waals surface area contributed by atoms with Gasteiger partial charge >= 0.3 is 0 Å². The number of carbonyl (C=O) groups is 1. The molecule has 1 N–H and O–H groups in total. The summed E-state index contributed by atoms with van der Waals surface area (Å²) < 4.78 is 12.3. The molecule has 0 saturated carbocycles. The van der Waals surface area contributed by atoms with E-state index >= 15 is 0 Å². The highest BCUT2D eigenvalue weighted by Gasteiger charge is 2.19. The summed E-state index contributed by atoms with van der Waals surface area (Å²) in [6.45, 7) is 3.69. The normalized spacial score (nSPS) is 11.0. The number of aromatic nitrogens is 4. The van der Waals surface area contributed by atoms with Crippen LogP contribution < -0.4 is 15.5 Å². The standard InChI is InChI=1S/C27H23N5O4/c1-16-6-4-5-7-22(16)29-23(33)15-32-14-21(24(34)20-13-8-17(2)28-26(20)32)27-30-25(31-36-27)18-9-11-19(35-3)12-10-18/h4-14H,15H2,1-3H3,(H,29,33). The number of nitrogens with zero attached hydrogens (tertiary/aromatic N) is 4. The van der Waals surface area contributed by atoms with Crippen LogP contribution in [0.25, 0.3) is 33.9 Å². The monoisotopic (exact) mass is 481 g/mol. The first kappa shape index (κ1) is 23.0. The maximum atomic E-state index is 13.3. The van der Waals surface area contributed by atoms with E-state index < -0.39 is 0 Å². The number of carbonyl (C=O) groups excluding carboxylic acids is 1. The van der Waals surface area contributed by atoms with Gasteiger partial charge in [0, 0.05) is 23.1 Å². The van der Waals surface area contributed by atoms with Crippen LogP contribution in [0.5, 0.6) is 5.75 Å². The first-order chi connectivity index (χ1) is 17.4. The third-order valence-electron chi connectivity index (χ3n) is 5.80. The van der Waals surface area contributed by atoms with Gasteiger partial charge in [-0.25, -0.2) is 4.98 Å².